The second-order valence-corrected chi connectivity index (χ2v) is 5.65. The normalized spacial score (nSPS) is 11.2. The average molecular weight is 338 g/mol. The molecule has 0 amide bonds. The number of aromatic nitrogens is 2. The minimum absolute atomic E-state index is 0.166. The molecule has 0 N–H and O–H groups in total. The molecule has 0 aliphatic carbocycles. The van der Waals surface area contributed by atoms with Crippen molar-refractivity contribution in [3.05, 3.63) is 76.6 Å². The third kappa shape index (κ3) is 2.42. The van der Waals surface area contributed by atoms with Crippen LogP contribution in [-0.4, -0.2) is 9.72 Å². The molecule has 0 fully saturated rings. The first-order valence-electron chi connectivity index (χ1n) is 7.56. The van der Waals surface area contributed by atoms with E-state index in [1.54, 1.807) is 43.4 Å². The van der Waals surface area contributed by atoms with Crippen molar-refractivity contribution in [2.45, 2.75) is 0 Å². The average Bonchev–Trinajstić information content (AvgIpc) is 3.03. The van der Waals surface area contributed by atoms with Crippen LogP contribution in [-0.2, 0) is 7.05 Å². The smallest absolute Gasteiger partial charge is 0.264 e. The summed E-state index contributed by atoms with van der Waals surface area (Å²) in [5.74, 6) is -0.848. The number of rotatable bonds is 2. The van der Waals surface area contributed by atoms with Gasteiger partial charge in [-0.15, -0.1) is 0 Å². The topological polar surface area (TPSA) is 48.0 Å². The van der Waals surface area contributed by atoms with Crippen molar-refractivity contribution < 1.29 is 13.3 Å². The summed E-state index contributed by atoms with van der Waals surface area (Å²) in [4.78, 5) is 12.8. The van der Waals surface area contributed by atoms with Crippen LogP contribution >= 0.6 is 0 Å². The summed E-state index contributed by atoms with van der Waals surface area (Å²) in [6.45, 7) is 0. The van der Waals surface area contributed by atoms with Gasteiger partial charge in [0.05, 0.1) is 5.69 Å². The molecule has 0 aliphatic rings. The number of nitrogens with zero attached hydrogens (tertiary/aromatic N) is 2. The van der Waals surface area contributed by atoms with Gasteiger partial charge < -0.3 is 9.09 Å². The van der Waals surface area contributed by atoms with Crippen LogP contribution in [0.5, 0.6) is 0 Å². The van der Waals surface area contributed by atoms with E-state index in [9.17, 15) is 13.6 Å². The molecule has 2 aromatic heterocycles. The Labute approximate surface area is 140 Å². The molecule has 0 bridgehead atoms. The predicted molar refractivity (Wildman–Crippen MR) is 90.0 cm³/mol. The molecule has 4 aromatic rings. The molecule has 25 heavy (non-hydrogen) atoms. The Balaban J connectivity index is 1.98. The van der Waals surface area contributed by atoms with E-state index < -0.39 is 5.82 Å². The summed E-state index contributed by atoms with van der Waals surface area (Å²) in [5.41, 5.74) is 1.46. The third-order valence-corrected chi connectivity index (χ3v) is 4.14. The monoisotopic (exact) mass is 338 g/mol. The highest BCUT2D eigenvalue weighted by atomic mass is 19.1. The van der Waals surface area contributed by atoms with Crippen molar-refractivity contribution in [3.8, 4) is 22.5 Å². The number of benzene rings is 2. The van der Waals surface area contributed by atoms with Crippen LogP contribution in [0.1, 0.15) is 0 Å². The Bertz CT molecular complexity index is 1140. The van der Waals surface area contributed by atoms with Gasteiger partial charge in [-0.25, -0.2) is 8.78 Å². The number of fused-ring (bicyclic) bond motifs is 1. The van der Waals surface area contributed by atoms with Crippen molar-refractivity contribution >= 4 is 11.0 Å². The zero-order valence-electron chi connectivity index (χ0n) is 13.2. The molecule has 0 saturated heterocycles. The van der Waals surface area contributed by atoms with E-state index in [1.165, 1.54) is 22.8 Å². The lowest BCUT2D eigenvalue weighted by atomic mass is 10.1. The molecule has 4 nitrogen and oxygen atoms in total. The van der Waals surface area contributed by atoms with Crippen LogP contribution < -0.4 is 5.56 Å². The first kappa shape index (κ1) is 15.3. The van der Waals surface area contributed by atoms with Crippen LogP contribution in [0.2, 0.25) is 0 Å². The Morgan fingerprint density at radius 3 is 2.48 bits per heavy atom. The summed E-state index contributed by atoms with van der Waals surface area (Å²) in [6.07, 6.45) is 0. The number of halogens is 2. The standard InChI is InChI=1S/C19H12F2N2O2/c1-23-15(11-6-8-12(20)9-7-11)10-16-17(19(23)24)18(22-25-16)13-4-2-3-5-14(13)21/h2-10H,1H3. The highest BCUT2D eigenvalue weighted by molar-refractivity contribution is 5.92. The van der Waals surface area contributed by atoms with E-state index in [2.05, 4.69) is 5.16 Å². The molecular weight excluding hydrogens is 326 g/mol. The van der Waals surface area contributed by atoms with Gasteiger partial charge in [-0.1, -0.05) is 17.3 Å². The van der Waals surface area contributed by atoms with Crippen molar-refractivity contribution in [2.75, 3.05) is 0 Å². The molecule has 0 saturated carbocycles. The summed E-state index contributed by atoms with van der Waals surface area (Å²) < 4.78 is 33.9. The van der Waals surface area contributed by atoms with Gasteiger partial charge >= 0.3 is 0 Å². The molecule has 0 spiro atoms. The van der Waals surface area contributed by atoms with Crippen molar-refractivity contribution in [2.24, 2.45) is 7.05 Å². The predicted octanol–water partition coefficient (Wildman–Crippen LogP) is 4.14. The molecule has 124 valence electrons. The van der Waals surface area contributed by atoms with Crippen LogP contribution in [0, 0.1) is 11.6 Å². The van der Waals surface area contributed by atoms with E-state index in [0.29, 0.717) is 11.3 Å². The lowest BCUT2D eigenvalue weighted by Crippen LogP contribution is -2.18. The maximum Gasteiger partial charge on any atom is 0.264 e. The summed E-state index contributed by atoms with van der Waals surface area (Å²) in [5, 5.41) is 4.10. The van der Waals surface area contributed by atoms with Gasteiger partial charge in [0.25, 0.3) is 5.56 Å². The van der Waals surface area contributed by atoms with Gasteiger partial charge in [0.1, 0.15) is 22.7 Å². The van der Waals surface area contributed by atoms with E-state index in [-0.39, 0.29) is 33.6 Å². The highest BCUT2D eigenvalue weighted by Crippen LogP contribution is 2.30. The van der Waals surface area contributed by atoms with Gasteiger partial charge in [-0.2, -0.15) is 0 Å². The summed E-state index contributed by atoms with van der Waals surface area (Å²) in [7, 11) is 1.60. The number of pyridine rings is 1. The lowest BCUT2D eigenvalue weighted by Gasteiger charge is -2.08. The van der Waals surface area contributed by atoms with Gasteiger partial charge in [0, 0.05) is 18.7 Å². The maximum atomic E-state index is 14.1. The Morgan fingerprint density at radius 1 is 1.04 bits per heavy atom. The molecule has 2 aromatic carbocycles. The van der Waals surface area contributed by atoms with Crippen LogP contribution in [0.25, 0.3) is 33.5 Å². The first-order valence-corrected chi connectivity index (χ1v) is 7.56. The van der Waals surface area contributed by atoms with E-state index in [4.69, 9.17) is 4.52 Å². The van der Waals surface area contributed by atoms with E-state index in [1.807, 2.05) is 0 Å². The molecule has 4 rings (SSSR count). The van der Waals surface area contributed by atoms with Gasteiger partial charge in [-0.05, 0) is 42.0 Å². The fourth-order valence-electron chi connectivity index (χ4n) is 2.84. The van der Waals surface area contributed by atoms with Crippen molar-refractivity contribution in [1.29, 1.82) is 0 Å². The third-order valence-electron chi connectivity index (χ3n) is 4.14. The fourth-order valence-corrected chi connectivity index (χ4v) is 2.84. The fraction of sp³-hybridized carbons (Fsp3) is 0.0526. The van der Waals surface area contributed by atoms with Gasteiger partial charge in [0.2, 0.25) is 0 Å². The molecule has 0 atom stereocenters. The minimum Gasteiger partial charge on any atom is -0.355 e. The molecule has 2 heterocycles. The second-order valence-electron chi connectivity index (χ2n) is 5.65. The molecule has 0 radical (unpaired) electrons. The SMILES string of the molecule is Cn1c(-c2ccc(F)cc2)cc2onc(-c3ccccc3F)c2c1=O. The van der Waals surface area contributed by atoms with Gasteiger partial charge in [0.15, 0.2) is 5.58 Å². The quantitative estimate of drug-likeness (QED) is 0.552. The van der Waals surface area contributed by atoms with Crippen LogP contribution in [0.3, 0.4) is 0 Å². The van der Waals surface area contributed by atoms with Crippen LogP contribution in [0.4, 0.5) is 8.78 Å². The zero-order valence-corrected chi connectivity index (χ0v) is 13.2. The minimum atomic E-state index is -0.484. The van der Waals surface area contributed by atoms with Gasteiger partial charge in [-0.3, -0.25) is 4.79 Å². The molecule has 0 aliphatic heterocycles. The van der Waals surface area contributed by atoms with E-state index >= 15 is 0 Å². The van der Waals surface area contributed by atoms with Crippen molar-refractivity contribution in [1.82, 2.24) is 9.72 Å². The lowest BCUT2D eigenvalue weighted by molar-refractivity contribution is 0.458. The van der Waals surface area contributed by atoms with E-state index in [0.717, 1.165) is 0 Å². The number of hydrogen-bond donors (Lipinski definition) is 0. The van der Waals surface area contributed by atoms with Crippen molar-refractivity contribution in [3.63, 3.8) is 0 Å². The zero-order chi connectivity index (χ0) is 17.6. The summed E-state index contributed by atoms with van der Waals surface area (Å²) in [6, 6.07) is 13.5. The first-order chi connectivity index (χ1) is 12.1. The largest absolute Gasteiger partial charge is 0.355 e. The highest BCUT2D eigenvalue weighted by Gasteiger charge is 2.19. The summed E-state index contributed by atoms with van der Waals surface area (Å²) >= 11 is 0. The Kier molecular flexibility index (Phi) is 3.46. The van der Waals surface area contributed by atoms with Crippen LogP contribution in [0.15, 0.2) is 63.9 Å². The Morgan fingerprint density at radius 2 is 1.76 bits per heavy atom. The maximum absolute atomic E-state index is 14.1. The molecular formula is C19H12F2N2O2. The second kappa shape index (κ2) is 5.66. The number of hydrogen-bond acceptors (Lipinski definition) is 3. The molecule has 0 unspecified atom stereocenters. The Hall–Kier alpha value is -3.28. The molecule has 6 heteroatoms.